The maximum atomic E-state index is 13.0. The van der Waals surface area contributed by atoms with Crippen molar-refractivity contribution in [2.45, 2.75) is 51.9 Å². The Balaban J connectivity index is 1.80. The number of allylic oxidation sites excluding steroid dienone is 3. The number of aromatic hydroxyl groups is 2. The number of esters is 1. The van der Waals surface area contributed by atoms with Crippen LogP contribution < -0.4 is 5.32 Å². The van der Waals surface area contributed by atoms with E-state index in [2.05, 4.69) is 29.2 Å². The normalized spacial score (nSPS) is 24.4. The van der Waals surface area contributed by atoms with Gasteiger partial charge in [0.1, 0.15) is 29.3 Å². The summed E-state index contributed by atoms with van der Waals surface area (Å²) in [5, 5.41) is 27.4. The summed E-state index contributed by atoms with van der Waals surface area (Å²) in [6, 6.07) is 0.991. The molecule has 2 aliphatic heterocycles. The molecule has 37 heavy (non-hydrogen) atoms. The second-order valence-electron chi connectivity index (χ2n) is 8.83. The summed E-state index contributed by atoms with van der Waals surface area (Å²) in [6.45, 7) is 8.54. The fourth-order valence-corrected chi connectivity index (χ4v) is 4.19. The number of benzene rings is 1. The van der Waals surface area contributed by atoms with E-state index in [9.17, 15) is 19.8 Å². The standard InChI is InChI=1S/C26H34ClN3O7/c1-4-30(5-2)11-10-28-23(33)15-35-29-17-8-6-7-9-21-22(37-21)12-16(3)36-26(34)24-18(13-17)25(27)20(32)14-19(24)31/h6-9,14,16,21-22,31-32H,4-5,10-13,15H2,1-3H3,(H,28,33)/b8-6-,9-7-,29-17+/t16-,21-,22-/m1/s1. The van der Waals surface area contributed by atoms with Crippen molar-refractivity contribution >= 4 is 29.2 Å². The van der Waals surface area contributed by atoms with Gasteiger partial charge < -0.3 is 34.7 Å². The molecule has 1 fully saturated rings. The van der Waals surface area contributed by atoms with Gasteiger partial charge in [-0.25, -0.2) is 4.79 Å². The molecule has 11 heteroatoms. The summed E-state index contributed by atoms with van der Waals surface area (Å²) < 4.78 is 11.1. The van der Waals surface area contributed by atoms with Gasteiger partial charge in [-0.1, -0.05) is 48.8 Å². The Hall–Kier alpha value is -3.08. The van der Waals surface area contributed by atoms with Crippen LogP contribution in [-0.4, -0.2) is 83.8 Å². The molecule has 3 atom stereocenters. The van der Waals surface area contributed by atoms with E-state index in [1.165, 1.54) is 0 Å². The van der Waals surface area contributed by atoms with Gasteiger partial charge in [-0.3, -0.25) is 4.79 Å². The highest BCUT2D eigenvalue weighted by atomic mass is 35.5. The molecule has 0 unspecified atom stereocenters. The first kappa shape index (κ1) is 28.5. The van der Waals surface area contributed by atoms with Gasteiger partial charge in [0.15, 0.2) is 6.61 Å². The summed E-state index contributed by atoms with van der Waals surface area (Å²) in [6.07, 6.45) is 6.77. The van der Waals surface area contributed by atoms with Gasteiger partial charge in [0, 0.05) is 32.0 Å². The third-order valence-corrected chi connectivity index (χ3v) is 6.52. The number of carbonyl (C=O) groups is 2. The first-order valence-corrected chi connectivity index (χ1v) is 12.7. The second-order valence-corrected chi connectivity index (χ2v) is 9.20. The number of hydrogen-bond donors (Lipinski definition) is 3. The van der Waals surface area contributed by atoms with E-state index in [-0.39, 0.29) is 47.3 Å². The SMILES string of the molecule is CCN(CC)CCNC(=O)CO\N=C1/C=C\C=C/[C@H]2O[C@@H]2C[C@@H](C)OC(=O)c2c(O)cc(O)c(Cl)c2C1. The quantitative estimate of drug-likeness (QED) is 0.263. The van der Waals surface area contributed by atoms with Crippen molar-refractivity contribution in [3.63, 3.8) is 0 Å². The van der Waals surface area contributed by atoms with Crippen LogP contribution in [0.15, 0.2) is 35.5 Å². The van der Waals surface area contributed by atoms with Gasteiger partial charge in [0.25, 0.3) is 5.91 Å². The van der Waals surface area contributed by atoms with E-state index in [0.29, 0.717) is 18.7 Å². The Bertz CT molecular complexity index is 1070. The van der Waals surface area contributed by atoms with Crippen molar-refractivity contribution in [2.24, 2.45) is 5.16 Å². The zero-order valence-electron chi connectivity index (χ0n) is 21.3. The Morgan fingerprint density at radius 1 is 1.27 bits per heavy atom. The second kappa shape index (κ2) is 13.5. The highest BCUT2D eigenvalue weighted by Crippen LogP contribution is 2.38. The Labute approximate surface area is 221 Å². The number of ether oxygens (including phenoxy) is 2. The summed E-state index contributed by atoms with van der Waals surface area (Å²) in [5.74, 6) is -1.99. The van der Waals surface area contributed by atoms with Gasteiger partial charge in [-0.05, 0) is 31.7 Å². The monoisotopic (exact) mass is 535 g/mol. The van der Waals surface area contributed by atoms with E-state index in [1.807, 2.05) is 6.08 Å². The number of cyclic esters (lactones) is 1. The number of carbonyl (C=O) groups excluding carboxylic acids is 2. The van der Waals surface area contributed by atoms with Crippen LogP contribution in [0, 0.1) is 0 Å². The number of halogens is 1. The van der Waals surface area contributed by atoms with Gasteiger partial charge in [0.05, 0.1) is 16.8 Å². The largest absolute Gasteiger partial charge is 0.507 e. The van der Waals surface area contributed by atoms with E-state index in [4.69, 9.17) is 25.9 Å². The van der Waals surface area contributed by atoms with Crippen LogP contribution in [0.5, 0.6) is 11.5 Å². The van der Waals surface area contributed by atoms with Crippen LogP contribution >= 0.6 is 11.6 Å². The maximum Gasteiger partial charge on any atom is 0.342 e. The lowest BCUT2D eigenvalue weighted by molar-refractivity contribution is -0.125. The Kier molecular flexibility index (Phi) is 10.4. The minimum absolute atomic E-state index is 0.0800. The minimum Gasteiger partial charge on any atom is -0.507 e. The maximum absolute atomic E-state index is 13.0. The molecule has 0 aromatic heterocycles. The van der Waals surface area contributed by atoms with Crippen molar-refractivity contribution in [1.82, 2.24) is 10.2 Å². The highest BCUT2D eigenvalue weighted by Gasteiger charge is 2.38. The molecule has 2 heterocycles. The molecule has 0 spiro atoms. The zero-order chi connectivity index (χ0) is 26.9. The first-order valence-electron chi connectivity index (χ1n) is 12.4. The smallest absolute Gasteiger partial charge is 0.342 e. The zero-order valence-corrected chi connectivity index (χ0v) is 22.0. The number of fused-ring (bicyclic) bond motifs is 2. The molecule has 1 saturated heterocycles. The molecule has 1 amide bonds. The molecule has 1 aromatic carbocycles. The number of oxime groups is 1. The fraction of sp³-hybridized carbons (Fsp3) is 0.500. The molecule has 0 saturated carbocycles. The lowest BCUT2D eigenvalue weighted by Gasteiger charge is -2.18. The lowest BCUT2D eigenvalue weighted by atomic mass is 9.99. The number of likely N-dealkylation sites (N-methyl/N-ethyl adjacent to an activating group) is 1. The summed E-state index contributed by atoms with van der Waals surface area (Å²) >= 11 is 6.33. The van der Waals surface area contributed by atoms with Gasteiger partial charge in [-0.15, -0.1) is 0 Å². The van der Waals surface area contributed by atoms with Crippen LogP contribution in [-0.2, 0) is 25.5 Å². The lowest BCUT2D eigenvalue weighted by Crippen LogP contribution is -2.36. The topological polar surface area (TPSA) is 133 Å². The van der Waals surface area contributed by atoms with Crippen LogP contribution in [0.25, 0.3) is 0 Å². The van der Waals surface area contributed by atoms with Gasteiger partial charge in [-0.2, -0.15) is 0 Å². The van der Waals surface area contributed by atoms with Crippen LogP contribution in [0.1, 0.15) is 43.1 Å². The minimum atomic E-state index is -0.788. The van der Waals surface area contributed by atoms with E-state index in [0.717, 1.165) is 25.7 Å². The average molecular weight is 536 g/mol. The molecule has 3 N–H and O–H groups in total. The van der Waals surface area contributed by atoms with Gasteiger partial charge >= 0.3 is 5.97 Å². The number of phenols is 2. The third-order valence-electron chi connectivity index (χ3n) is 6.10. The Morgan fingerprint density at radius 3 is 2.76 bits per heavy atom. The molecular formula is C26H34ClN3O7. The number of nitrogens with zero attached hydrogens (tertiary/aromatic N) is 2. The third kappa shape index (κ3) is 8.21. The number of amides is 1. The molecule has 0 bridgehead atoms. The van der Waals surface area contributed by atoms with Gasteiger partial charge in [0.2, 0.25) is 0 Å². The molecular weight excluding hydrogens is 502 g/mol. The van der Waals surface area contributed by atoms with Crippen molar-refractivity contribution in [3.8, 4) is 11.5 Å². The predicted molar refractivity (Wildman–Crippen MR) is 139 cm³/mol. The van der Waals surface area contributed by atoms with E-state index >= 15 is 0 Å². The molecule has 3 rings (SSSR count). The molecule has 10 nitrogen and oxygen atoms in total. The van der Waals surface area contributed by atoms with Crippen molar-refractivity contribution in [3.05, 3.63) is 46.5 Å². The van der Waals surface area contributed by atoms with Crippen molar-refractivity contribution in [1.29, 1.82) is 0 Å². The summed E-state index contributed by atoms with van der Waals surface area (Å²) in [7, 11) is 0. The molecule has 0 aliphatic carbocycles. The molecule has 0 radical (unpaired) electrons. The number of rotatable bonds is 8. The number of nitrogens with one attached hydrogen (secondary N) is 1. The predicted octanol–water partition coefficient (Wildman–Crippen LogP) is 2.95. The Morgan fingerprint density at radius 2 is 2.03 bits per heavy atom. The number of epoxide rings is 1. The van der Waals surface area contributed by atoms with Crippen LogP contribution in [0.2, 0.25) is 5.02 Å². The number of phenolic OH excluding ortho intramolecular Hbond substituents is 2. The summed E-state index contributed by atoms with van der Waals surface area (Å²) in [5.41, 5.74) is 0.235. The number of hydrogen-bond acceptors (Lipinski definition) is 9. The van der Waals surface area contributed by atoms with Crippen molar-refractivity contribution < 1.29 is 34.1 Å². The summed E-state index contributed by atoms with van der Waals surface area (Å²) in [4.78, 5) is 32.6. The highest BCUT2D eigenvalue weighted by molar-refractivity contribution is 6.33. The first-order chi connectivity index (χ1) is 17.7. The fourth-order valence-electron chi connectivity index (χ4n) is 3.97. The molecule has 1 aromatic rings. The average Bonchev–Trinajstić information content (AvgIpc) is 3.58. The van der Waals surface area contributed by atoms with E-state index < -0.39 is 23.6 Å². The van der Waals surface area contributed by atoms with Crippen molar-refractivity contribution in [2.75, 3.05) is 32.8 Å². The molecule has 2 aliphatic rings. The van der Waals surface area contributed by atoms with Crippen LogP contribution in [0.3, 0.4) is 0 Å². The van der Waals surface area contributed by atoms with E-state index in [1.54, 1.807) is 25.2 Å². The molecule has 202 valence electrons. The van der Waals surface area contributed by atoms with Crippen LogP contribution in [0.4, 0.5) is 0 Å².